The summed E-state index contributed by atoms with van der Waals surface area (Å²) in [5.41, 5.74) is 0.769. The number of hydrogen-bond donors (Lipinski definition) is 1. The van der Waals surface area contributed by atoms with Crippen molar-refractivity contribution in [3.8, 4) is 0 Å². The number of carbonyl (C=O) groups is 2. The molecule has 31 heavy (non-hydrogen) atoms. The summed E-state index contributed by atoms with van der Waals surface area (Å²) >= 11 is 14.0. The van der Waals surface area contributed by atoms with Crippen LogP contribution in [0, 0.1) is 5.92 Å². The molecule has 0 saturated heterocycles. The first kappa shape index (κ1) is 25.6. The van der Waals surface area contributed by atoms with Crippen LogP contribution >= 0.6 is 35.0 Å². The van der Waals surface area contributed by atoms with Crippen LogP contribution in [0.15, 0.2) is 53.4 Å². The zero-order valence-electron chi connectivity index (χ0n) is 18.2. The zero-order chi connectivity index (χ0) is 22.8. The van der Waals surface area contributed by atoms with Crippen LogP contribution in [0.4, 0.5) is 0 Å². The maximum absolute atomic E-state index is 13.2. The second kappa shape index (κ2) is 13.0. The number of rotatable bonds is 11. The van der Waals surface area contributed by atoms with Crippen LogP contribution in [0.25, 0.3) is 0 Å². The van der Waals surface area contributed by atoms with Crippen molar-refractivity contribution in [1.82, 2.24) is 10.2 Å². The molecule has 2 rings (SSSR count). The lowest BCUT2D eigenvalue weighted by molar-refractivity contribution is -0.141. The molecular formula is C24H30Cl2N2O2S. The van der Waals surface area contributed by atoms with Gasteiger partial charge in [-0.3, -0.25) is 9.59 Å². The van der Waals surface area contributed by atoms with Gasteiger partial charge in [0.1, 0.15) is 6.04 Å². The topological polar surface area (TPSA) is 49.4 Å². The quantitative estimate of drug-likeness (QED) is 0.397. The van der Waals surface area contributed by atoms with E-state index in [1.54, 1.807) is 28.8 Å². The zero-order valence-corrected chi connectivity index (χ0v) is 20.6. The molecule has 1 unspecified atom stereocenters. The summed E-state index contributed by atoms with van der Waals surface area (Å²) in [4.78, 5) is 28.9. The maximum atomic E-state index is 13.2. The number of benzene rings is 2. The van der Waals surface area contributed by atoms with Gasteiger partial charge in [-0.15, -0.1) is 11.8 Å². The first-order valence-corrected chi connectivity index (χ1v) is 12.2. The highest BCUT2D eigenvalue weighted by Crippen LogP contribution is 2.25. The minimum atomic E-state index is -0.556. The molecule has 0 fully saturated rings. The first-order valence-electron chi connectivity index (χ1n) is 10.5. The summed E-state index contributed by atoms with van der Waals surface area (Å²) in [5.74, 6) is 0.766. The van der Waals surface area contributed by atoms with Gasteiger partial charge in [0.15, 0.2) is 0 Å². The van der Waals surface area contributed by atoms with Gasteiger partial charge in [-0.25, -0.2) is 0 Å². The van der Waals surface area contributed by atoms with E-state index in [0.29, 0.717) is 41.1 Å². The second-order valence-corrected chi connectivity index (χ2v) is 9.74. The van der Waals surface area contributed by atoms with Gasteiger partial charge in [0.05, 0.1) is 0 Å². The molecule has 7 heteroatoms. The normalized spacial score (nSPS) is 11.9. The van der Waals surface area contributed by atoms with Gasteiger partial charge in [-0.05, 0) is 42.2 Å². The number of hydrogen-bond acceptors (Lipinski definition) is 3. The van der Waals surface area contributed by atoms with E-state index >= 15 is 0 Å². The molecular weight excluding hydrogens is 451 g/mol. The Bertz CT molecular complexity index is 862. The predicted molar refractivity (Wildman–Crippen MR) is 131 cm³/mol. The molecule has 0 bridgehead atoms. The number of carbonyl (C=O) groups excluding carboxylic acids is 2. The third-order valence-corrected chi connectivity index (χ3v) is 6.35. The molecule has 0 aromatic heterocycles. The summed E-state index contributed by atoms with van der Waals surface area (Å²) in [6.45, 7) is 6.83. The van der Waals surface area contributed by atoms with Crippen LogP contribution in [0.2, 0.25) is 10.0 Å². The van der Waals surface area contributed by atoms with Crippen LogP contribution in [0.1, 0.15) is 39.2 Å². The number of thioether (sulfide) groups is 1. The Morgan fingerprint density at radius 1 is 1.10 bits per heavy atom. The standard InChI is InChI=1S/C24H30Cl2N2O2S/c1-4-22(24(30)27-15-17(2)3)28(16-18-10-11-19(25)14-21(18)26)23(29)12-13-31-20-8-6-5-7-9-20/h5-11,14,17,22H,4,12-13,15-16H2,1-3H3,(H,27,30). The van der Waals surface area contributed by atoms with Crippen molar-refractivity contribution in [2.24, 2.45) is 5.92 Å². The average molecular weight is 481 g/mol. The summed E-state index contributed by atoms with van der Waals surface area (Å²) in [5, 5.41) is 3.99. The molecule has 0 heterocycles. The minimum Gasteiger partial charge on any atom is -0.354 e. The Hall–Kier alpha value is -1.69. The number of amides is 2. The third kappa shape index (κ3) is 8.40. The Balaban J connectivity index is 2.16. The van der Waals surface area contributed by atoms with E-state index in [4.69, 9.17) is 23.2 Å². The summed E-state index contributed by atoms with van der Waals surface area (Å²) in [7, 11) is 0. The largest absolute Gasteiger partial charge is 0.354 e. The molecule has 2 aromatic rings. The number of halogens is 2. The van der Waals surface area contributed by atoms with E-state index in [2.05, 4.69) is 5.32 Å². The van der Waals surface area contributed by atoms with Gasteiger partial charge >= 0.3 is 0 Å². The molecule has 4 nitrogen and oxygen atoms in total. The lowest BCUT2D eigenvalue weighted by atomic mass is 10.1. The van der Waals surface area contributed by atoms with Gasteiger partial charge in [0.2, 0.25) is 11.8 Å². The van der Waals surface area contributed by atoms with Crippen molar-refractivity contribution < 1.29 is 9.59 Å². The molecule has 0 aliphatic rings. The molecule has 2 aromatic carbocycles. The highest BCUT2D eigenvalue weighted by atomic mass is 35.5. The SMILES string of the molecule is CCC(C(=O)NCC(C)C)N(Cc1ccc(Cl)cc1Cl)C(=O)CCSc1ccccc1. The van der Waals surface area contributed by atoms with Crippen molar-refractivity contribution in [3.63, 3.8) is 0 Å². The third-order valence-electron chi connectivity index (χ3n) is 4.75. The van der Waals surface area contributed by atoms with Gasteiger partial charge in [0, 0.05) is 40.2 Å². The summed E-state index contributed by atoms with van der Waals surface area (Å²) in [6, 6.07) is 14.6. The molecule has 0 aliphatic heterocycles. The lowest BCUT2D eigenvalue weighted by Gasteiger charge is -2.31. The molecule has 1 atom stereocenters. The highest BCUT2D eigenvalue weighted by Gasteiger charge is 2.28. The van der Waals surface area contributed by atoms with Gasteiger partial charge in [-0.2, -0.15) is 0 Å². The summed E-state index contributed by atoms with van der Waals surface area (Å²) < 4.78 is 0. The molecule has 2 amide bonds. The van der Waals surface area contributed by atoms with E-state index in [1.165, 1.54) is 0 Å². The smallest absolute Gasteiger partial charge is 0.242 e. The molecule has 0 aliphatic carbocycles. The Kier molecular flexibility index (Phi) is 10.7. The van der Waals surface area contributed by atoms with Crippen molar-refractivity contribution in [2.75, 3.05) is 12.3 Å². The number of nitrogens with one attached hydrogen (secondary N) is 1. The van der Waals surface area contributed by atoms with Crippen LogP contribution in [0.5, 0.6) is 0 Å². The van der Waals surface area contributed by atoms with Gasteiger partial charge < -0.3 is 10.2 Å². The van der Waals surface area contributed by atoms with E-state index < -0.39 is 6.04 Å². The van der Waals surface area contributed by atoms with E-state index in [0.717, 1.165) is 10.5 Å². The Labute approximate surface area is 199 Å². The fraction of sp³-hybridized carbons (Fsp3) is 0.417. The van der Waals surface area contributed by atoms with Crippen LogP contribution in [-0.4, -0.2) is 35.1 Å². The molecule has 1 N–H and O–H groups in total. The first-order chi connectivity index (χ1) is 14.8. The lowest BCUT2D eigenvalue weighted by Crippen LogP contribution is -2.49. The van der Waals surface area contributed by atoms with Gasteiger partial charge in [-0.1, -0.05) is 68.2 Å². The molecule has 0 radical (unpaired) electrons. The fourth-order valence-electron chi connectivity index (χ4n) is 3.09. The molecule has 0 spiro atoms. The summed E-state index contributed by atoms with van der Waals surface area (Å²) in [6.07, 6.45) is 0.853. The van der Waals surface area contributed by atoms with Gasteiger partial charge in [0.25, 0.3) is 0 Å². The highest BCUT2D eigenvalue weighted by molar-refractivity contribution is 7.99. The van der Waals surface area contributed by atoms with Crippen molar-refractivity contribution in [1.29, 1.82) is 0 Å². The van der Waals surface area contributed by atoms with E-state index in [1.807, 2.05) is 57.2 Å². The van der Waals surface area contributed by atoms with E-state index in [-0.39, 0.29) is 18.4 Å². The van der Waals surface area contributed by atoms with Crippen molar-refractivity contribution >= 4 is 46.8 Å². The fourth-order valence-corrected chi connectivity index (χ4v) is 4.42. The van der Waals surface area contributed by atoms with Crippen LogP contribution in [-0.2, 0) is 16.1 Å². The van der Waals surface area contributed by atoms with Crippen LogP contribution < -0.4 is 5.32 Å². The van der Waals surface area contributed by atoms with Crippen LogP contribution in [0.3, 0.4) is 0 Å². The Morgan fingerprint density at radius 2 is 1.81 bits per heavy atom. The van der Waals surface area contributed by atoms with Crippen molar-refractivity contribution in [3.05, 3.63) is 64.1 Å². The monoisotopic (exact) mass is 480 g/mol. The molecule has 168 valence electrons. The number of nitrogens with zero attached hydrogens (tertiary/aromatic N) is 1. The average Bonchev–Trinajstić information content (AvgIpc) is 2.74. The van der Waals surface area contributed by atoms with Crippen molar-refractivity contribution in [2.45, 2.75) is 51.1 Å². The van der Waals surface area contributed by atoms with E-state index in [9.17, 15) is 9.59 Å². The maximum Gasteiger partial charge on any atom is 0.242 e. The molecule has 0 saturated carbocycles. The minimum absolute atomic E-state index is 0.0685. The second-order valence-electron chi connectivity index (χ2n) is 7.73. The Morgan fingerprint density at radius 3 is 2.42 bits per heavy atom. The predicted octanol–water partition coefficient (Wildman–Crippen LogP) is 6.06.